The summed E-state index contributed by atoms with van der Waals surface area (Å²) in [5, 5.41) is 13.2. The summed E-state index contributed by atoms with van der Waals surface area (Å²) in [5.74, 6) is 0.766. The number of nitrogens with zero attached hydrogens (tertiary/aromatic N) is 5. The minimum absolute atomic E-state index is 0.610. The van der Waals surface area contributed by atoms with Crippen LogP contribution in [0.2, 0.25) is 0 Å². The second-order valence-electron chi connectivity index (χ2n) is 4.65. The Labute approximate surface area is 122 Å². The zero-order valence-electron chi connectivity index (χ0n) is 11.4. The van der Waals surface area contributed by atoms with Crippen LogP contribution in [0, 0.1) is 11.3 Å². The standard InChI is InChI=1S/C15H14N6/c16-9-12-2-3-14-13(8-12)15(20-10-19-14)18-4-1-6-21-7-5-17-11-21/h2-3,5,7-8,10-11H,1,4,6H2,(H,18,19,20). The van der Waals surface area contributed by atoms with Crippen LogP contribution in [-0.4, -0.2) is 26.1 Å². The number of fused-ring (bicyclic) bond motifs is 1. The number of aryl methyl sites for hydroxylation is 1. The largest absolute Gasteiger partial charge is 0.369 e. The summed E-state index contributed by atoms with van der Waals surface area (Å²) in [6, 6.07) is 7.55. The van der Waals surface area contributed by atoms with Crippen molar-refractivity contribution < 1.29 is 0 Å². The molecule has 6 heteroatoms. The van der Waals surface area contributed by atoms with E-state index in [0.717, 1.165) is 36.2 Å². The van der Waals surface area contributed by atoms with Gasteiger partial charge in [-0.2, -0.15) is 5.26 Å². The van der Waals surface area contributed by atoms with Crippen LogP contribution in [-0.2, 0) is 6.54 Å². The summed E-state index contributed by atoms with van der Waals surface area (Å²) in [7, 11) is 0. The molecule has 6 nitrogen and oxygen atoms in total. The fraction of sp³-hybridized carbons (Fsp3) is 0.200. The van der Waals surface area contributed by atoms with Crippen molar-refractivity contribution in [3.05, 3.63) is 48.8 Å². The van der Waals surface area contributed by atoms with Crippen LogP contribution in [0.15, 0.2) is 43.2 Å². The maximum absolute atomic E-state index is 8.99. The van der Waals surface area contributed by atoms with E-state index in [-0.39, 0.29) is 0 Å². The van der Waals surface area contributed by atoms with Crippen LogP contribution >= 0.6 is 0 Å². The van der Waals surface area contributed by atoms with Crippen molar-refractivity contribution >= 4 is 16.7 Å². The van der Waals surface area contributed by atoms with E-state index < -0.39 is 0 Å². The first kappa shape index (κ1) is 13.1. The van der Waals surface area contributed by atoms with Gasteiger partial charge in [-0.15, -0.1) is 0 Å². The molecule has 0 saturated heterocycles. The van der Waals surface area contributed by atoms with Crippen LogP contribution in [0.5, 0.6) is 0 Å². The third-order valence-corrected chi connectivity index (χ3v) is 3.21. The Hall–Kier alpha value is -2.94. The Kier molecular flexibility index (Phi) is 3.74. The molecule has 0 bridgehead atoms. The lowest BCUT2D eigenvalue weighted by molar-refractivity contribution is 0.660. The van der Waals surface area contributed by atoms with E-state index in [1.807, 2.05) is 22.9 Å². The minimum Gasteiger partial charge on any atom is -0.369 e. The van der Waals surface area contributed by atoms with Gasteiger partial charge in [0.1, 0.15) is 12.1 Å². The van der Waals surface area contributed by atoms with Crippen LogP contribution in [0.25, 0.3) is 10.9 Å². The van der Waals surface area contributed by atoms with Gasteiger partial charge in [0.05, 0.1) is 23.5 Å². The summed E-state index contributed by atoms with van der Waals surface area (Å²) >= 11 is 0. The van der Waals surface area contributed by atoms with E-state index in [9.17, 15) is 0 Å². The molecule has 1 aromatic carbocycles. The SMILES string of the molecule is N#Cc1ccc2ncnc(NCCCn3ccnc3)c2c1. The second-order valence-corrected chi connectivity index (χ2v) is 4.65. The molecule has 0 unspecified atom stereocenters. The maximum atomic E-state index is 8.99. The van der Waals surface area contributed by atoms with Crippen molar-refractivity contribution in [2.24, 2.45) is 0 Å². The van der Waals surface area contributed by atoms with Gasteiger partial charge in [-0.25, -0.2) is 15.0 Å². The number of anilines is 1. The topological polar surface area (TPSA) is 79.4 Å². The molecule has 0 radical (unpaired) electrons. The molecule has 2 heterocycles. The Morgan fingerprint density at radius 3 is 3.05 bits per heavy atom. The van der Waals surface area contributed by atoms with Crippen molar-refractivity contribution in [3.8, 4) is 6.07 Å². The summed E-state index contributed by atoms with van der Waals surface area (Å²) in [4.78, 5) is 12.5. The third kappa shape index (κ3) is 2.98. The lowest BCUT2D eigenvalue weighted by atomic mass is 10.1. The Morgan fingerprint density at radius 2 is 2.24 bits per heavy atom. The predicted octanol–water partition coefficient (Wildman–Crippen LogP) is 2.20. The van der Waals surface area contributed by atoms with Crippen molar-refractivity contribution in [3.63, 3.8) is 0 Å². The molecule has 0 aliphatic rings. The number of hydrogen-bond donors (Lipinski definition) is 1. The summed E-state index contributed by atoms with van der Waals surface area (Å²) < 4.78 is 2.04. The molecule has 21 heavy (non-hydrogen) atoms. The van der Waals surface area contributed by atoms with Crippen LogP contribution in [0.1, 0.15) is 12.0 Å². The smallest absolute Gasteiger partial charge is 0.137 e. The first-order valence-corrected chi connectivity index (χ1v) is 6.71. The van der Waals surface area contributed by atoms with Crippen molar-refractivity contribution in [1.29, 1.82) is 5.26 Å². The highest BCUT2D eigenvalue weighted by Crippen LogP contribution is 2.20. The van der Waals surface area contributed by atoms with E-state index in [2.05, 4.69) is 26.3 Å². The van der Waals surface area contributed by atoms with E-state index in [4.69, 9.17) is 5.26 Å². The van der Waals surface area contributed by atoms with Crippen molar-refractivity contribution in [2.75, 3.05) is 11.9 Å². The number of imidazole rings is 1. The summed E-state index contributed by atoms with van der Waals surface area (Å²) in [5.41, 5.74) is 1.44. The lowest BCUT2D eigenvalue weighted by Crippen LogP contribution is -2.07. The highest BCUT2D eigenvalue weighted by Gasteiger charge is 2.04. The Morgan fingerprint density at radius 1 is 1.29 bits per heavy atom. The average molecular weight is 278 g/mol. The van der Waals surface area contributed by atoms with Gasteiger partial charge < -0.3 is 9.88 Å². The van der Waals surface area contributed by atoms with Gasteiger partial charge in [-0.3, -0.25) is 0 Å². The molecule has 0 fully saturated rings. The number of rotatable bonds is 5. The zero-order chi connectivity index (χ0) is 14.5. The molecule has 3 rings (SSSR count). The Balaban J connectivity index is 1.70. The van der Waals surface area contributed by atoms with Gasteiger partial charge in [0.2, 0.25) is 0 Å². The summed E-state index contributed by atoms with van der Waals surface area (Å²) in [6.07, 6.45) is 8.01. The van der Waals surface area contributed by atoms with Crippen LogP contribution < -0.4 is 5.32 Å². The maximum Gasteiger partial charge on any atom is 0.137 e. The first-order valence-electron chi connectivity index (χ1n) is 6.71. The number of benzene rings is 1. The van der Waals surface area contributed by atoms with E-state index >= 15 is 0 Å². The molecular formula is C15H14N6. The van der Waals surface area contributed by atoms with Gasteiger partial charge >= 0.3 is 0 Å². The van der Waals surface area contributed by atoms with Gasteiger partial charge in [-0.1, -0.05) is 0 Å². The molecule has 104 valence electrons. The van der Waals surface area contributed by atoms with Gasteiger partial charge in [0.15, 0.2) is 0 Å². The highest BCUT2D eigenvalue weighted by molar-refractivity contribution is 5.89. The quantitative estimate of drug-likeness (QED) is 0.724. The third-order valence-electron chi connectivity index (χ3n) is 3.21. The van der Waals surface area contributed by atoms with Gasteiger partial charge in [-0.05, 0) is 24.6 Å². The average Bonchev–Trinajstić information content (AvgIpc) is 3.04. The Bertz CT molecular complexity index is 772. The number of aromatic nitrogens is 4. The first-order chi connectivity index (χ1) is 10.4. The molecule has 0 amide bonds. The second kappa shape index (κ2) is 6.01. The monoisotopic (exact) mass is 278 g/mol. The van der Waals surface area contributed by atoms with Gasteiger partial charge in [0.25, 0.3) is 0 Å². The fourth-order valence-electron chi connectivity index (χ4n) is 2.15. The van der Waals surface area contributed by atoms with Crippen molar-refractivity contribution in [2.45, 2.75) is 13.0 Å². The van der Waals surface area contributed by atoms with Crippen LogP contribution in [0.3, 0.4) is 0 Å². The predicted molar refractivity (Wildman–Crippen MR) is 79.6 cm³/mol. The highest BCUT2D eigenvalue weighted by atomic mass is 15.0. The van der Waals surface area contributed by atoms with Crippen LogP contribution in [0.4, 0.5) is 5.82 Å². The van der Waals surface area contributed by atoms with Gasteiger partial charge in [0, 0.05) is 30.9 Å². The zero-order valence-corrected chi connectivity index (χ0v) is 11.4. The minimum atomic E-state index is 0.610. The molecular weight excluding hydrogens is 264 g/mol. The van der Waals surface area contributed by atoms with E-state index in [1.54, 1.807) is 18.6 Å². The molecule has 0 atom stereocenters. The van der Waals surface area contributed by atoms with E-state index in [1.165, 1.54) is 6.33 Å². The molecule has 2 aromatic heterocycles. The van der Waals surface area contributed by atoms with Crippen molar-refractivity contribution in [1.82, 2.24) is 19.5 Å². The fourth-order valence-corrected chi connectivity index (χ4v) is 2.15. The van der Waals surface area contributed by atoms with E-state index in [0.29, 0.717) is 5.56 Å². The molecule has 1 N–H and O–H groups in total. The summed E-state index contributed by atoms with van der Waals surface area (Å²) in [6.45, 7) is 1.69. The number of nitrogens with one attached hydrogen (secondary N) is 1. The normalized spacial score (nSPS) is 10.4. The number of nitriles is 1. The molecule has 0 saturated carbocycles. The molecule has 0 aliphatic heterocycles. The molecule has 0 aliphatic carbocycles. The molecule has 3 aromatic rings. The lowest BCUT2D eigenvalue weighted by Gasteiger charge is -2.08. The number of hydrogen-bond acceptors (Lipinski definition) is 5. The molecule has 0 spiro atoms.